The van der Waals surface area contributed by atoms with E-state index in [1.54, 1.807) is 0 Å². The lowest BCUT2D eigenvalue weighted by Gasteiger charge is -2.10. The van der Waals surface area contributed by atoms with Crippen molar-refractivity contribution in [1.29, 1.82) is 0 Å². The molecule has 1 unspecified atom stereocenters. The molecule has 0 spiro atoms. The smallest absolute Gasteiger partial charge is 0.322 e. The maximum absolute atomic E-state index is 13.3. The summed E-state index contributed by atoms with van der Waals surface area (Å²) in [6.07, 6.45) is -0.119. The summed E-state index contributed by atoms with van der Waals surface area (Å²) in [6.45, 7) is 0. The minimum Gasteiger partial charge on any atom is -0.504 e. The van der Waals surface area contributed by atoms with E-state index in [1.165, 1.54) is 7.11 Å². The Bertz CT molecular complexity index is 408. The minimum atomic E-state index is -1.01. The molecule has 0 bridgehead atoms. The molecule has 0 aliphatic carbocycles. The van der Waals surface area contributed by atoms with Gasteiger partial charge in [0.05, 0.1) is 7.11 Å². The number of benzene rings is 1. The highest BCUT2D eigenvalue weighted by Crippen LogP contribution is 2.27. The van der Waals surface area contributed by atoms with E-state index < -0.39 is 29.3 Å². The Kier molecular flexibility index (Phi) is 3.68. The summed E-state index contributed by atoms with van der Waals surface area (Å²) >= 11 is 0. The van der Waals surface area contributed by atoms with Crippen LogP contribution in [0.3, 0.4) is 0 Å². The Hall–Kier alpha value is -1.82. The molecule has 1 aromatic carbocycles. The predicted octanol–water partition coefficient (Wildman–Crippen LogP) is 0.280. The molecule has 16 heavy (non-hydrogen) atoms. The quantitative estimate of drug-likeness (QED) is 0.511. The second-order valence-electron chi connectivity index (χ2n) is 3.27. The first-order chi connectivity index (χ1) is 7.45. The number of methoxy groups -OCH3 is 1. The zero-order valence-electron chi connectivity index (χ0n) is 8.61. The number of carbonyl (C=O) groups excluding carboxylic acids is 1. The first-order valence-corrected chi connectivity index (χ1v) is 4.49. The van der Waals surface area contributed by atoms with Crippen LogP contribution < -0.4 is 5.73 Å². The van der Waals surface area contributed by atoms with Gasteiger partial charge in [-0.2, -0.15) is 0 Å². The highest BCUT2D eigenvalue weighted by molar-refractivity contribution is 5.75. The number of rotatable bonds is 3. The molecule has 88 valence electrons. The molecule has 0 amide bonds. The van der Waals surface area contributed by atoms with Crippen LogP contribution in [-0.2, 0) is 16.0 Å². The molecular formula is C10H12FNO4. The van der Waals surface area contributed by atoms with Gasteiger partial charge in [-0.25, -0.2) is 4.39 Å². The molecule has 0 saturated carbocycles. The van der Waals surface area contributed by atoms with E-state index in [1.807, 2.05) is 0 Å². The van der Waals surface area contributed by atoms with Crippen molar-refractivity contribution in [3.8, 4) is 11.5 Å². The average molecular weight is 229 g/mol. The van der Waals surface area contributed by atoms with Gasteiger partial charge in [0, 0.05) is 12.5 Å². The van der Waals surface area contributed by atoms with Crippen molar-refractivity contribution >= 4 is 5.97 Å². The fraction of sp³-hybridized carbons (Fsp3) is 0.300. The van der Waals surface area contributed by atoms with Gasteiger partial charge in [0.2, 0.25) is 0 Å². The van der Waals surface area contributed by atoms with Crippen LogP contribution in [0.2, 0.25) is 0 Å². The molecule has 5 nitrogen and oxygen atoms in total. The van der Waals surface area contributed by atoms with Crippen molar-refractivity contribution in [1.82, 2.24) is 0 Å². The molecular weight excluding hydrogens is 217 g/mol. The fourth-order valence-corrected chi connectivity index (χ4v) is 1.22. The zero-order chi connectivity index (χ0) is 12.3. The summed E-state index contributed by atoms with van der Waals surface area (Å²) < 4.78 is 17.7. The van der Waals surface area contributed by atoms with Crippen LogP contribution in [0.1, 0.15) is 5.56 Å². The topological polar surface area (TPSA) is 92.8 Å². The highest BCUT2D eigenvalue weighted by atomic mass is 19.1. The Morgan fingerprint density at radius 2 is 2.06 bits per heavy atom. The molecule has 1 atom stereocenters. The number of nitrogens with two attached hydrogens (primary N) is 1. The summed E-state index contributed by atoms with van der Waals surface area (Å²) in [5.41, 5.74) is 5.47. The van der Waals surface area contributed by atoms with Crippen LogP contribution in [0.25, 0.3) is 0 Å². The van der Waals surface area contributed by atoms with Gasteiger partial charge >= 0.3 is 5.97 Å². The number of hydrogen-bond donors (Lipinski definition) is 3. The molecule has 0 saturated heterocycles. The van der Waals surface area contributed by atoms with Crippen molar-refractivity contribution < 1.29 is 24.1 Å². The van der Waals surface area contributed by atoms with Crippen LogP contribution >= 0.6 is 0 Å². The van der Waals surface area contributed by atoms with E-state index >= 15 is 0 Å². The van der Waals surface area contributed by atoms with Crippen molar-refractivity contribution in [3.05, 3.63) is 23.5 Å². The van der Waals surface area contributed by atoms with Crippen molar-refractivity contribution in [2.24, 2.45) is 5.73 Å². The Morgan fingerprint density at radius 3 is 2.62 bits per heavy atom. The number of aromatic hydroxyl groups is 2. The van der Waals surface area contributed by atoms with Crippen LogP contribution in [0.5, 0.6) is 11.5 Å². The van der Waals surface area contributed by atoms with Crippen LogP contribution in [0.15, 0.2) is 12.1 Å². The number of carbonyl (C=O) groups is 1. The summed E-state index contributed by atoms with van der Waals surface area (Å²) in [6, 6.07) is 0.769. The van der Waals surface area contributed by atoms with Crippen LogP contribution in [0.4, 0.5) is 4.39 Å². The van der Waals surface area contributed by atoms with Gasteiger partial charge in [-0.05, 0) is 11.6 Å². The third-order valence-electron chi connectivity index (χ3n) is 2.09. The van der Waals surface area contributed by atoms with E-state index in [2.05, 4.69) is 4.74 Å². The normalized spacial score (nSPS) is 12.2. The van der Waals surface area contributed by atoms with E-state index in [4.69, 9.17) is 15.9 Å². The largest absolute Gasteiger partial charge is 0.504 e. The third-order valence-corrected chi connectivity index (χ3v) is 2.09. The lowest BCUT2D eigenvalue weighted by molar-refractivity contribution is -0.142. The molecule has 0 fully saturated rings. The monoisotopic (exact) mass is 229 g/mol. The Balaban J connectivity index is 2.89. The molecule has 0 radical (unpaired) electrons. The zero-order valence-corrected chi connectivity index (χ0v) is 8.61. The summed E-state index contributed by atoms with van der Waals surface area (Å²) in [7, 11) is 1.17. The van der Waals surface area contributed by atoms with Gasteiger partial charge in [-0.15, -0.1) is 0 Å². The number of hydrogen-bond acceptors (Lipinski definition) is 5. The van der Waals surface area contributed by atoms with E-state index in [-0.39, 0.29) is 12.0 Å². The van der Waals surface area contributed by atoms with E-state index in [0.29, 0.717) is 0 Å². The van der Waals surface area contributed by atoms with Gasteiger partial charge in [-0.1, -0.05) is 0 Å². The molecule has 6 heteroatoms. The number of phenols is 2. The third kappa shape index (κ3) is 2.60. The Labute approximate surface area is 91.3 Å². The first kappa shape index (κ1) is 12.3. The number of halogens is 1. The predicted molar refractivity (Wildman–Crippen MR) is 53.4 cm³/mol. The van der Waals surface area contributed by atoms with Crippen LogP contribution in [0, 0.1) is 5.82 Å². The second kappa shape index (κ2) is 4.80. The highest BCUT2D eigenvalue weighted by Gasteiger charge is 2.18. The van der Waals surface area contributed by atoms with Crippen molar-refractivity contribution in [3.63, 3.8) is 0 Å². The van der Waals surface area contributed by atoms with Gasteiger partial charge in [0.1, 0.15) is 11.9 Å². The van der Waals surface area contributed by atoms with Crippen molar-refractivity contribution in [2.45, 2.75) is 12.5 Å². The number of ether oxygens (including phenoxy) is 1. The second-order valence-corrected chi connectivity index (χ2v) is 3.27. The lowest BCUT2D eigenvalue weighted by Crippen LogP contribution is -2.33. The molecule has 0 heterocycles. The summed E-state index contributed by atoms with van der Waals surface area (Å²) in [5, 5.41) is 18.2. The first-order valence-electron chi connectivity index (χ1n) is 4.49. The van der Waals surface area contributed by atoms with Crippen LogP contribution in [-0.4, -0.2) is 29.3 Å². The summed E-state index contributed by atoms with van der Waals surface area (Å²) in [4.78, 5) is 11.0. The Morgan fingerprint density at radius 1 is 1.50 bits per heavy atom. The van der Waals surface area contributed by atoms with E-state index in [9.17, 15) is 9.18 Å². The van der Waals surface area contributed by atoms with Gasteiger partial charge in [-0.3, -0.25) is 4.79 Å². The van der Waals surface area contributed by atoms with Crippen molar-refractivity contribution in [2.75, 3.05) is 7.11 Å². The number of esters is 1. The van der Waals surface area contributed by atoms with Gasteiger partial charge in [0.25, 0.3) is 0 Å². The van der Waals surface area contributed by atoms with E-state index in [0.717, 1.165) is 12.1 Å². The maximum Gasteiger partial charge on any atom is 0.322 e. The maximum atomic E-state index is 13.3. The SMILES string of the molecule is COC(=O)C(N)Cc1cc(O)c(O)cc1F. The molecule has 0 aliphatic rings. The standard InChI is InChI=1S/C10H12FNO4/c1-16-10(15)7(12)2-5-3-8(13)9(14)4-6(5)11/h3-4,7,13-14H,2,12H2,1H3. The van der Waals surface area contributed by atoms with Gasteiger partial charge < -0.3 is 20.7 Å². The summed E-state index contributed by atoms with van der Waals surface area (Å²) in [5.74, 6) is -2.44. The van der Waals surface area contributed by atoms with Gasteiger partial charge in [0.15, 0.2) is 11.5 Å². The molecule has 1 rings (SSSR count). The number of phenolic OH excluding ortho intramolecular Hbond substituents is 2. The molecule has 0 aliphatic heterocycles. The lowest BCUT2D eigenvalue weighted by atomic mass is 10.1. The fourth-order valence-electron chi connectivity index (χ4n) is 1.22. The average Bonchev–Trinajstić information content (AvgIpc) is 2.24. The minimum absolute atomic E-state index is 0.0354. The molecule has 4 N–H and O–H groups in total. The molecule has 0 aromatic heterocycles. The molecule has 1 aromatic rings.